The van der Waals surface area contributed by atoms with Crippen molar-refractivity contribution in [3.8, 4) is 0 Å². The van der Waals surface area contributed by atoms with E-state index < -0.39 is 24.0 Å². The van der Waals surface area contributed by atoms with Crippen molar-refractivity contribution < 1.29 is 19.8 Å². The molecule has 0 aromatic rings. The molecule has 0 aromatic carbocycles. The second kappa shape index (κ2) is 5.34. The van der Waals surface area contributed by atoms with Crippen LogP contribution in [0.25, 0.3) is 10.4 Å². The summed E-state index contributed by atoms with van der Waals surface area (Å²) in [4.78, 5) is 25.6. The molecule has 1 heterocycles. The Hall–Kier alpha value is -1.79. The van der Waals surface area contributed by atoms with E-state index in [9.17, 15) is 9.59 Å². The monoisotopic (exact) mass is 228 g/mol. The van der Waals surface area contributed by atoms with Crippen LogP contribution in [-0.2, 0) is 9.59 Å². The normalized spacial score (nSPS) is 25.0. The number of nitrogens with zero attached hydrogens (tertiary/aromatic N) is 4. The lowest BCUT2D eigenvalue weighted by atomic mass is 10.2. The Morgan fingerprint density at radius 3 is 2.19 bits per heavy atom. The fourth-order valence-corrected chi connectivity index (χ4v) is 1.91. The fraction of sp³-hybridized carbons (Fsp3) is 0.750. The highest BCUT2D eigenvalue weighted by Crippen LogP contribution is 2.24. The zero-order chi connectivity index (χ0) is 12.1. The van der Waals surface area contributed by atoms with Crippen LogP contribution in [0.1, 0.15) is 12.8 Å². The fourth-order valence-electron chi connectivity index (χ4n) is 1.91. The van der Waals surface area contributed by atoms with Crippen LogP contribution in [0, 0.1) is 0 Å². The van der Waals surface area contributed by atoms with Crippen molar-refractivity contribution in [2.24, 2.45) is 5.11 Å². The van der Waals surface area contributed by atoms with Gasteiger partial charge in [0.25, 0.3) is 0 Å². The number of aliphatic carboxylic acids is 2. The third kappa shape index (κ3) is 2.62. The van der Waals surface area contributed by atoms with Gasteiger partial charge < -0.3 is 10.2 Å². The molecule has 1 aliphatic heterocycles. The lowest BCUT2D eigenvalue weighted by Crippen LogP contribution is -2.45. The molecule has 0 spiro atoms. The van der Waals surface area contributed by atoms with Crippen molar-refractivity contribution in [3.63, 3.8) is 0 Å². The van der Waals surface area contributed by atoms with Gasteiger partial charge in [-0.3, -0.25) is 14.5 Å². The lowest BCUT2D eigenvalue weighted by Gasteiger charge is -2.24. The van der Waals surface area contributed by atoms with Crippen LogP contribution < -0.4 is 0 Å². The quantitative estimate of drug-likeness (QED) is 0.397. The van der Waals surface area contributed by atoms with Crippen LogP contribution in [-0.4, -0.2) is 52.2 Å². The molecule has 0 radical (unpaired) electrons. The van der Waals surface area contributed by atoms with Crippen molar-refractivity contribution in [1.82, 2.24) is 4.90 Å². The molecule has 0 aromatic heterocycles. The molecule has 8 nitrogen and oxygen atoms in total. The standard InChI is InChI=1S/C8H12N4O4/c9-11-10-3-4-12-5(7(13)14)1-2-6(12)8(15)16/h5-6H,1-4H2,(H,13,14)(H,15,16). The number of carbonyl (C=O) groups is 2. The van der Waals surface area contributed by atoms with E-state index in [-0.39, 0.29) is 13.1 Å². The van der Waals surface area contributed by atoms with Gasteiger partial charge >= 0.3 is 11.9 Å². The molecular weight excluding hydrogens is 216 g/mol. The average molecular weight is 228 g/mol. The van der Waals surface area contributed by atoms with Crippen LogP contribution >= 0.6 is 0 Å². The van der Waals surface area contributed by atoms with Crippen LogP contribution in [0.5, 0.6) is 0 Å². The Labute approximate surface area is 91.1 Å². The molecule has 1 saturated heterocycles. The van der Waals surface area contributed by atoms with Crippen molar-refractivity contribution >= 4 is 11.9 Å². The molecule has 88 valence electrons. The Morgan fingerprint density at radius 2 is 1.81 bits per heavy atom. The van der Waals surface area contributed by atoms with E-state index in [1.807, 2.05) is 0 Å². The van der Waals surface area contributed by atoms with Crippen LogP contribution in [0.2, 0.25) is 0 Å². The molecule has 2 N–H and O–H groups in total. The molecule has 8 heteroatoms. The lowest BCUT2D eigenvalue weighted by molar-refractivity contribution is -0.146. The highest BCUT2D eigenvalue weighted by atomic mass is 16.4. The zero-order valence-corrected chi connectivity index (χ0v) is 8.48. The Kier molecular flexibility index (Phi) is 4.10. The minimum Gasteiger partial charge on any atom is -0.480 e. The number of hydrogen-bond donors (Lipinski definition) is 2. The van der Waals surface area contributed by atoms with Gasteiger partial charge in [-0.15, -0.1) is 0 Å². The summed E-state index contributed by atoms with van der Waals surface area (Å²) in [6.45, 7) is 0.224. The molecule has 1 rings (SSSR count). The van der Waals surface area contributed by atoms with Crippen molar-refractivity contribution in [2.75, 3.05) is 13.1 Å². The topological polar surface area (TPSA) is 127 Å². The van der Waals surface area contributed by atoms with Crippen molar-refractivity contribution in [1.29, 1.82) is 0 Å². The zero-order valence-electron chi connectivity index (χ0n) is 8.48. The average Bonchev–Trinajstić information content (AvgIpc) is 2.62. The first kappa shape index (κ1) is 12.3. The molecular formula is C8H12N4O4. The van der Waals surface area contributed by atoms with E-state index >= 15 is 0 Å². The third-order valence-electron chi connectivity index (χ3n) is 2.61. The maximum atomic E-state index is 10.9. The van der Waals surface area contributed by atoms with E-state index in [1.54, 1.807) is 0 Å². The second-order valence-electron chi connectivity index (χ2n) is 3.48. The van der Waals surface area contributed by atoms with Gasteiger partial charge in [0.2, 0.25) is 0 Å². The summed E-state index contributed by atoms with van der Waals surface area (Å²) in [5.74, 6) is -2.07. The van der Waals surface area contributed by atoms with Gasteiger partial charge in [-0.2, -0.15) is 0 Å². The second-order valence-corrected chi connectivity index (χ2v) is 3.48. The molecule has 0 bridgehead atoms. The maximum Gasteiger partial charge on any atom is 0.320 e. The molecule has 0 amide bonds. The summed E-state index contributed by atoms with van der Waals surface area (Å²) in [7, 11) is 0. The molecule has 2 unspecified atom stereocenters. The summed E-state index contributed by atoms with van der Waals surface area (Å²) in [6.07, 6.45) is 0.616. The predicted molar refractivity (Wildman–Crippen MR) is 52.8 cm³/mol. The predicted octanol–water partition coefficient (Wildman–Crippen LogP) is 0.299. The number of azide groups is 1. The van der Waals surface area contributed by atoms with Crippen LogP contribution in [0.3, 0.4) is 0 Å². The van der Waals surface area contributed by atoms with Gasteiger partial charge in [0.15, 0.2) is 0 Å². The van der Waals surface area contributed by atoms with Crippen molar-refractivity contribution in [3.05, 3.63) is 10.4 Å². The molecule has 16 heavy (non-hydrogen) atoms. The minimum atomic E-state index is -1.04. The molecule has 0 aliphatic carbocycles. The summed E-state index contributed by atoms with van der Waals surface area (Å²) in [5, 5.41) is 21.1. The van der Waals surface area contributed by atoms with Crippen LogP contribution in [0.4, 0.5) is 0 Å². The van der Waals surface area contributed by atoms with E-state index in [0.29, 0.717) is 12.8 Å². The largest absolute Gasteiger partial charge is 0.480 e. The van der Waals surface area contributed by atoms with Gasteiger partial charge in [0, 0.05) is 18.0 Å². The summed E-state index contributed by atoms with van der Waals surface area (Å²) in [6, 6.07) is -1.59. The SMILES string of the molecule is [N-]=[N+]=NCCN1C(C(=O)O)CCC1C(=O)O. The first-order valence-corrected chi connectivity index (χ1v) is 4.80. The number of carboxylic acids is 2. The minimum absolute atomic E-state index is 0.0735. The van der Waals surface area contributed by atoms with Gasteiger partial charge in [0.1, 0.15) is 12.1 Å². The summed E-state index contributed by atoms with van der Waals surface area (Å²) >= 11 is 0. The van der Waals surface area contributed by atoms with E-state index in [4.69, 9.17) is 15.7 Å². The third-order valence-corrected chi connectivity index (χ3v) is 2.61. The van der Waals surface area contributed by atoms with E-state index in [1.165, 1.54) is 4.90 Å². The van der Waals surface area contributed by atoms with E-state index in [2.05, 4.69) is 10.0 Å². The molecule has 1 fully saturated rings. The highest BCUT2D eigenvalue weighted by molar-refractivity contribution is 5.79. The first-order valence-electron chi connectivity index (χ1n) is 4.80. The Balaban J connectivity index is 2.71. The highest BCUT2D eigenvalue weighted by Gasteiger charge is 2.40. The van der Waals surface area contributed by atoms with Gasteiger partial charge in [-0.25, -0.2) is 0 Å². The number of carboxylic acid groups (broad SMARTS) is 2. The number of likely N-dealkylation sites (tertiary alicyclic amines) is 1. The van der Waals surface area contributed by atoms with Crippen molar-refractivity contribution in [2.45, 2.75) is 24.9 Å². The Morgan fingerprint density at radius 1 is 1.31 bits per heavy atom. The molecule has 0 saturated carbocycles. The van der Waals surface area contributed by atoms with E-state index in [0.717, 1.165) is 0 Å². The maximum absolute atomic E-state index is 10.9. The molecule has 1 aliphatic rings. The van der Waals surface area contributed by atoms with Gasteiger partial charge in [-0.1, -0.05) is 5.11 Å². The summed E-state index contributed by atoms with van der Waals surface area (Å²) < 4.78 is 0. The first-order chi connectivity index (χ1) is 7.57. The van der Waals surface area contributed by atoms with Gasteiger partial charge in [-0.05, 0) is 18.4 Å². The molecule has 2 atom stereocenters. The smallest absolute Gasteiger partial charge is 0.320 e. The summed E-state index contributed by atoms with van der Waals surface area (Å²) in [5.41, 5.74) is 8.10. The Bertz CT molecular complexity index is 317. The van der Waals surface area contributed by atoms with Crippen LogP contribution in [0.15, 0.2) is 5.11 Å². The number of hydrogen-bond acceptors (Lipinski definition) is 4. The van der Waals surface area contributed by atoms with Gasteiger partial charge in [0.05, 0.1) is 0 Å². The number of rotatable bonds is 5.